The predicted octanol–water partition coefficient (Wildman–Crippen LogP) is 6.26. The smallest absolute Gasteiger partial charge is 0.341 e. The monoisotopic (exact) mass is 569 g/mol. The Morgan fingerprint density at radius 2 is 1.88 bits per heavy atom. The number of aromatic nitrogens is 4. The highest BCUT2D eigenvalue weighted by Crippen LogP contribution is 2.55. The van der Waals surface area contributed by atoms with Crippen LogP contribution in [-0.2, 0) is 11.8 Å². The summed E-state index contributed by atoms with van der Waals surface area (Å²) in [4.78, 5) is 28.1. The molecule has 1 aliphatic heterocycles. The van der Waals surface area contributed by atoms with Crippen molar-refractivity contribution in [3.05, 3.63) is 89.3 Å². The maximum atomic E-state index is 16.1. The van der Waals surface area contributed by atoms with Gasteiger partial charge in [-0.25, -0.2) is 13.9 Å². The zero-order chi connectivity index (χ0) is 29.4. The maximum Gasteiger partial charge on any atom is 0.341 e. The SMILES string of the molecule is CCC[C@@H]1CCCCN1C(=O)c1cccc(-c2cccc(-n3ncc(C(=O)OC)c3C3CC3c3cnn(C)c3)c2)c1F. The second-order valence-corrected chi connectivity index (χ2v) is 11.4. The third kappa shape index (κ3) is 5.12. The second-order valence-electron chi connectivity index (χ2n) is 11.4. The molecule has 1 saturated heterocycles. The van der Waals surface area contributed by atoms with E-state index < -0.39 is 11.8 Å². The van der Waals surface area contributed by atoms with Gasteiger partial charge < -0.3 is 9.64 Å². The van der Waals surface area contributed by atoms with Crippen LogP contribution in [0.1, 0.15) is 89.3 Å². The van der Waals surface area contributed by atoms with Crippen molar-refractivity contribution >= 4 is 11.9 Å². The maximum absolute atomic E-state index is 16.1. The number of hydrogen-bond acceptors (Lipinski definition) is 5. The van der Waals surface area contributed by atoms with Gasteiger partial charge in [0, 0.05) is 37.3 Å². The molecule has 8 nitrogen and oxygen atoms in total. The molecule has 4 aromatic rings. The Balaban J connectivity index is 1.35. The largest absolute Gasteiger partial charge is 0.465 e. The van der Waals surface area contributed by atoms with Gasteiger partial charge in [0.1, 0.15) is 11.4 Å². The van der Waals surface area contributed by atoms with Gasteiger partial charge >= 0.3 is 5.97 Å². The van der Waals surface area contributed by atoms with Crippen molar-refractivity contribution in [3.8, 4) is 16.8 Å². The van der Waals surface area contributed by atoms with Crippen LogP contribution >= 0.6 is 0 Å². The van der Waals surface area contributed by atoms with E-state index in [0.29, 0.717) is 28.9 Å². The Hall–Kier alpha value is -4.27. The van der Waals surface area contributed by atoms with Gasteiger partial charge in [0.2, 0.25) is 0 Å². The number of nitrogens with zero attached hydrogens (tertiary/aromatic N) is 5. The highest BCUT2D eigenvalue weighted by molar-refractivity contribution is 5.96. The number of hydrogen-bond donors (Lipinski definition) is 0. The molecule has 1 amide bonds. The van der Waals surface area contributed by atoms with E-state index in [9.17, 15) is 9.59 Å². The Kier molecular flexibility index (Phi) is 7.66. The molecule has 1 aliphatic carbocycles. The fourth-order valence-electron chi connectivity index (χ4n) is 6.47. The molecule has 2 unspecified atom stereocenters. The van der Waals surface area contributed by atoms with E-state index in [1.165, 1.54) is 13.3 Å². The standard InChI is InChI=1S/C33H36FN5O3/c1-4-9-23-11-5-6-15-38(23)32(40)26-14-8-13-25(30(26)34)21-10-7-12-24(16-21)39-31(29(19-36-39)33(41)42-3)28-17-27(28)22-18-35-37(2)20-22/h7-8,10,12-14,16,18-20,23,27-28H,4-6,9,11,15,17H2,1-3H3/t23-,27?,28?/m1/s1. The van der Waals surface area contributed by atoms with Crippen LogP contribution in [0.5, 0.6) is 0 Å². The molecule has 1 saturated carbocycles. The first-order chi connectivity index (χ1) is 20.4. The average molecular weight is 570 g/mol. The number of aryl methyl sites for hydroxylation is 1. The molecule has 2 aromatic carbocycles. The van der Waals surface area contributed by atoms with Crippen LogP contribution in [0.4, 0.5) is 4.39 Å². The minimum Gasteiger partial charge on any atom is -0.465 e. The van der Waals surface area contributed by atoms with Gasteiger partial charge in [-0.2, -0.15) is 10.2 Å². The van der Waals surface area contributed by atoms with E-state index in [1.54, 1.807) is 27.6 Å². The van der Waals surface area contributed by atoms with Crippen LogP contribution in [0.3, 0.4) is 0 Å². The van der Waals surface area contributed by atoms with Crippen molar-refractivity contribution in [3.63, 3.8) is 0 Å². The van der Waals surface area contributed by atoms with Crippen molar-refractivity contribution in [2.24, 2.45) is 7.05 Å². The molecule has 2 aliphatic rings. The van der Waals surface area contributed by atoms with Crippen LogP contribution in [0, 0.1) is 5.82 Å². The average Bonchev–Trinajstić information content (AvgIpc) is 3.46. The predicted molar refractivity (Wildman–Crippen MR) is 157 cm³/mol. The summed E-state index contributed by atoms with van der Waals surface area (Å²) in [7, 11) is 3.25. The molecule has 3 heterocycles. The molecular formula is C33H36FN5O3. The lowest BCUT2D eigenvalue weighted by atomic mass is 9.96. The number of likely N-dealkylation sites (tertiary alicyclic amines) is 1. The number of carbonyl (C=O) groups is 2. The Morgan fingerprint density at radius 3 is 2.64 bits per heavy atom. The fraction of sp³-hybridized carbons (Fsp3) is 0.394. The van der Waals surface area contributed by atoms with Crippen LogP contribution in [0.25, 0.3) is 16.8 Å². The van der Waals surface area contributed by atoms with Crippen molar-refractivity contribution in [2.75, 3.05) is 13.7 Å². The summed E-state index contributed by atoms with van der Waals surface area (Å²) in [6.07, 6.45) is 11.2. The zero-order valence-corrected chi connectivity index (χ0v) is 24.3. The Bertz CT molecular complexity index is 1620. The number of carbonyl (C=O) groups excluding carboxylic acids is 2. The molecule has 0 radical (unpaired) electrons. The first-order valence-corrected chi connectivity index (χ1v) is 14.8. The van der Waals surface area contributed by atoms with Crippen molar-refractivity contribution in [2.45, 2.75) is 63.3 Å². The quantitative estimate of drug-likeness (QED) is 0.234. The number of methoxy groups -OCH3 is 1. The third-order valence-electron chi connectivity index (χ3n) is 8.65. The molecule has 218 valence electrons. The van der Waals surface area contributed by atoms with Gasteiger partial charge in [0.15, 0.2) is 0 Å². The van der Waals surface area contributed by atoms with Crippen molar-refractivity contribution < 1.29 is 18.7 Å². The minimum absolute atomic E-state index is 0.0627. The van der Waals surface area contributed by atoms with Crippen molar-refractivity contribution in [1.29, 1.82) is 0 Å². The van der Waals surface area contributed by atoms with E-state index in [2.05, 4.69) is 17.1 Å². The van der Waals surface area contributed by atoms with Gasteiger partial charge in [-0.05, 0) is 67.3 Å². The van der Waals surface area contributed by atoms with Crippen LogP contribution in [0.15, 0.2) is 61.1 Å². The number of halogens is 1. The lowest BCUT2D eigenvalue weighted by Crippen LogP contribution is -2.44. The number of benzene rings is 2. The summed E-state index contributed by atoms with van der Waals surface area (Å²) < 4.78 is 24.7. The van der Waals surface area contributed by atoms with E-state index >= 15 is 4.39 Å². The van der Waals surface area contributed by atoms with Gasteiger partial charge in [0.25, 0.3) is 5.91 Å². The molecule has 3 atom stereocenters. The van der Waals surface area contributed by atoms with Crippen molar-refractivity contribution in [1.82, 2.24) is 24.5 Å². The lowest BCUT2D eigenvalue weighted by Gasteiger charge is -2.36. The molecule has 42 heavy (non-hydrogen) atoms. The van der Waals surface area contributed by atoms with Gasteiger partial charge in [0.05, 0.1) is 36.4 Å². The number of esters is 1. The molecule has 2 aromatic heterocycles. The first kappa shape index (κ1) is 27.9. The third-order valence-corrected chi connectivity index (χ3v) is 8.65. The molecular weight excluding hydrogens is 533 g/mol. The molecule has 2 fully saturated rings. The minimum atomic E-state index is -0.518. The summed E-state index contributed by atoms with van der Waals surface area (Å²) in [5.41, 5.74) is 4.08. The highest BCUT2D eigenvalue weighted by atomic mass is 19.1. The lowest BCUT2D eigenvalue weighted by molar-refractivity contribution is 0.0589. The van der Waals surface area contributed by atoms with Gasteiger partial charge in [-0.3, -0.25) is 9.48 Å². The van der Waals surface area contributed by atoms with Gasteiger partial charge in [-0.15, -0.1) is 0 Å². The highest BCUT2D eigenvalue weighted by Gasteiger charge is 2.45. The fourth-order valence-corrected chi connectivity index (χ4v) is 6.47. The summed E-state index contributed by atoms with van der Waals surface area (Å²) in [5, 5.41) is 8.88. The molecule has 0 N–H and O–H groups in total. The van der Waals surface area contributed by atoms with Crippen LogP contribution in [0.2, 0.25) is 0 Å². The van der Waals surface area contributed by atoms with E-state index in [-0.39, 0.29) is 29.3 Å². The molecule has 9 heteroatoms. The molecule has 0 bridgehead atoms. The number of amides is 1. The summed E-state index contributed by atoms with van der Waals surface area (Å²) in [6, 6.07) is 12.6. The Labute approximate surface area is 245 Å². The summed E-state index contributed by atoms with van der Waals surface area (Å²) in [6.45, 7) is 2.78. The number of rotatable bonds is 8. The van der Waals surface area contributed by atoms with E-state index in [4.69, 9.17) is 4.74 Å². The molecule has 0 spiro atoms. The number of ether oxygens (including phenoxy) is 1. The van der Waals surface area contributed by atoms with Crippen LogP contribution < -0.4 is 0 Å². The second kappa shape index (κ2) is 11.5. The zero-order valence-electron chi connectivity index (χ0n) is 24.3. The summed E-state index contributed by atoms with van der Waals surface area (Å²) in [5.74, 6) is -0.924. The summed E-state index contributed by atoms with van der Waals surface area (Å²) >= 11 is 0. The van der Waals surface area contributed by atoms with E-state index in [0.717, 1.165) is 49.8 Å². The molecule has 6 rings (SSSR count). The van der Waals surface area contributed by atoms with Gasteiger partial charge in [-0.1, -0.05) is 37.6 Å². The number of piperidine rings is 1. The topological polar surface area (TPSA) is 82.2 Å². The Morgan fingerprint density at radius 1 is 1.05 bits per heavy atom. The van der Waals surface area contributed by atoms with E-state index in [1.807, 2.05) is 48.6 Å². The first-order valence-electron chi connectivity index (χ1n) is 14.8. The normalized spacial score (nSPS) is 20.0. The van der Waals surface area contributed by atoms with Crippen LogP contribution in [-0.4, -0.2) is 56.0 Å².